The highest BCUT2D eigenvalue weighted by Gasteiger charge is 2.55. The Hall–Kier alpha value is -1.91. The number of Topliss-reactive ketones (excluding diaryl/α,β-unsaturated/α-hetero) is 1. The molecule has 2 atom stereocenters. The number of esters is 2. The van der Waals surface area contributed by atoms with Gasteiger partial charge in [-0.2, -0.15) is 0 Å². The second-order valence-electron chi connectivity index (χ2n) is 6.29. The molecule has 0 bridgehead atoms. The number of fused-ring (bicyclic) bond motifs is 1. The molecule has 0 amide bonds. The average Bonchev–Trinajstić information content (AvgIpc) is 2.73. The summed E-state index contributed by atoms with van der Waals surface area (Å²) in [5, 5.41) is 0. The van der Waals surface area contributed by atoms with Gasteiger partial charge in [0.25, 0.3) is 0 Å². The van der Waals surface area contributed by atoms with E-state index in [0.717, 1.165) is 5.57 Å². The van der Waals surface area contributed by atoms with E-state index in [1.807, 2.05) is 19.9 Å². The lowest BCUT2D eigenvalue weighted by Gasteiger charge is -2.38. The molecule has 22 heavy (non-hydrogen) atoms. The first kappa shape index (κ1) is 16.5. The van der Waals surface area contributed by atoms with Crippen LogP contribution in [0.3, 0.4) is 0 Å². The molecule has 2 rings (SSSR count). The van der Waals surface area contributed by atoms with Crippen LogP contribution in [-0.4, -0.2) is 23.8 Å². The minimum absolute atomic E-state index is 0.120. The lowest BCUT2D eigenvalue weighted by atomic mass is 9.68. The van der Waals surface area contributed by atoms with Crippen LogP contribution in [0.15, 0.2) is 23.0 Å². The zero-order valence-corrected chi connectivity index (χ0v) is 13.5. The largest absolute Gasteiger partial charge is 0.461 e. The van der Waals surface area contributed by atoms with Gasteiger partial charge in [-0.1, -0.05) is 11.6 Å². The predicted octanol–water partition coefficient (Wildman–Crippen LogP) is 2.84. The maximum atomic E-state index is 12.0. The Balaban J connectivity index is 2.57. The van der Waals surface area contributed by atoms with Crippen molar-refractivity contribution in [3.8, 4) is 0 Å². The molecule has 120 valence electrons. The highest BCUT2D eigenvalue weighted by molar-refractivity contribution is 5.95. The zero-order valence-electron chi connectivity index (χ0n) is 13.5. The van der Waals surface area contributed by atoms with Crippen LogP contribution in [0.25, 0.3) is 0 Å². The molecule has 0 unspecified atom stereocenters. The quantitative estimate of drug-likeness (QED) is 0.590. The zero-order chi connectivity index (χ0) is 16.5. The van der Waals surface area contributed by atoms with E-state index in [-0.39, 0.29) is 24.3 Å². The molecule has 1 fully saturated rings. The monoisotopic (exact) mass is 306 g/mol. The van der Waals surface area contributed by atoms with Crippen molar-refractivity contribution in [1.82, 2.24) is 0 Å². The van der Waals surface area contributed by atoms with E-state index >= 15 is 0 Å². The Labute approximate surface area is 130 Å². The van der Waals surface area contributed by atoms with Crippen LogP contribution < -0.4 is 0 Å². The van der Waals surface area contributed by atoms with Crippen LogP contribution in [-0.2, 0) is 23.9 Å². The van der Waals surface area contributed by atoms with Gasteiger partial charge in [-0.25, -0.2) is 0 Å². The maximum Gasteiger partial charge on any atom is 0.307 e. The third kappa shape index (κ3) is 2.98. The van der Waals surface area contributed by atoms with Crippen molar-refractivity contribution < 1.29 is 23.9 Å². The van der Waals surface area contributed by atoms with Crippen LogP contribution in [0.5, 0.6) is 0 Å². The molecule has 1 saturated heterocycles. The first-order chi connectivity index (χ1) is 10.3. The van der Waals surface area contributed by atoms with Crippen molar-refractivity contribution in [2.24, 2.45) is 5.41 Å². The molecule has 5 heteroatoms. The topological polar surface area (TPSA) is 69.7 Å². The van der Waals surface area contributed by atoms with E-state index in [4.69, 9.17) is 9.47 Å². The molecule has 0 aromatic heterocycles. The maximum absolute atomic E-state index is 12.0. The molecule has 2 aliphatic rings. The van der Waals surface area contributed by atoms with Crippen LogP contribution in [0.1, 0.15) is 53.4 Å². The molecule has 0 aromatic rings. The van der Waals surface area contributed by atoms with Gasteiger partial charge in [-0.05, 0) is 40.0 Å². The number of hydrogen-bond acceptors (Lipinski definition) is 5. The predicted molar refractivity (Wildman–Crippen MR) is 79.7 cm³/mol. The third-order valence-electron chi connectivity index (χ3n) is 4.28. The van der Waals surface area contributed by atoms with Crippen molar-refractivity contribution in [3.05, 3.63) is 23.0 Å². The van der Waals surface area contributed by atoms with E-state index in [0.29, 0.717) is 30.6 Å². The van der Waals surface area contributed by atoms with E-state index < -0.39 is 11.4 Å². The summed E-state index contributed by atoms with van der Waals surface area (Å²) in [6.07, 6.45) is 3.37. The van der Waals surface area contributed by atoms with Crippen molar-refractivity contribution in [2.75, 3.05) is 0 Å². The number of ether oxygens (including phenoxy) is 2. The molecular weight excluding hydrogens is 284 g/mol. The van der Waals surface area contributed by atoms with Gasteiger partial charge in [0, 0.05) is 12.5 Å². The Morgan fingerprint density at radius 2 is 2.00 bits per heavy atom. The number of rotatable bonds is 4. The van der Waals surface area contributed by atoms with Crippen molar-refractivity contribution in [2.45, 2.75) is 59.5 Å². The van der Waals surface area contributed by atoms with Crippen LogP contribution >= 0.6 is 0 Å². The summed E-state index contributed by atoms with van der Waals surface area (Å²) < 4.78 is 10.9. The van der Waals surface area contributed by atoms with Gasteiger partial charge in [-0.15, -0.1) is 0 Å². The van der Waals surface area contributed by atoms with E-state index in [1.165, 1.54) is 13.8 Å². The lowest BCUT2D eigenvalue weighted by molar-refractivity contribution is -0.142. The van der Waals surface area contributed by atoms with Crippen LogP contribution in [0, 0.1) is 5.41 Å². The van der Waals surface area contributed by atoms with Gasteiger partial charge in [0.15, 0.2) is 5.78 Å². The fourth-order valence-corrected chi connectivity index (χ4v) is 3.26. The summed E-state index contributed by atoms with van der Waals surface area (Å²) in [4.78, 5) is 35.3. The molecule has 0 saturated carbocycles. The molecular formula is C17H22O5. The molecule has 0 radical (unpaired) electrons. The summed E-state index contributed by atoms with van der Waals surface area (Å²) in [7, 11) is 0. The highest BCUT2D eigenvalue weighted by atomic mass is 16.6. The summed E-state index contributed by atoms with van der Waals surface area (Å²) >= 11 is 0. The lowest BCUT2D eigenvalue weighted by Crippen LogP contribution is -2.39. The molecule has 1 heterocycles. The summed E-state index contributed by atoms with van der Waals surface area (Å²) in [5.74, 6) is -0.565. The Morgan fingerprint density at radius 3 is 2.55 bits per heavy atom. The number of carbonyl (C=O) groups is 3. The normalized spacial score (nSPS) is 27.1. The van der Waals surface area contributed by atoms with Crippen LogP contribution in [0.2, 0.25) is 0 Å². The molecule has 0 N–H and O–H groups in total. The molecule has 5 nitrogen and oxygen atoms in total. The van der Waals surface area contributed by atoms with Crippen molar-refractivity contribution >= 4 is 17.7 Å². The summed E-state index contributed by atoms with van der Waals surface area (Å²) in [6.45, 7) is 6.70. The van der Waals surface area contributed by atoms with E-state index in [9.17, 15) is 14.4 Å². The minimum atomic E-state index is -0.737. The van der Waals surface area contributed by atoms with Crippen molar-refractivity contribution in [3.63, 3.8) is 0 Å². The second kappa shape index (κ2) is 6.07. The number of carbonyl (C=O) groups excluding carboxylic acids is 3. The molecule has 0 spiro atoms. The Morgan fingerprint density at radius 1 is 1.32 bits per heavy atom. The Kier molecular flexibility index (Phi) is 4.54. The van der Waals surface area contributed by atoms with Gasteiger partial charge in [0.2, 0.25) is 0 Å². The number of ketones is 1. The van der Waals surface area contributed by atoms with Gasteiger partial charge in [0.1, 0.15) is 11.9 Å². The van der Waals surface area contributed by atoms with Gasteiger partial charge in [-0.3, -0.25) is 14.4 Å². The number of allylic oxidation sites excluding steroid dienone is 3. The minimum Gasteiger partial charge on any atom is -0.461 e. The molecule has 1 aliphatic carbocycles. The smallest absolute Gasteiger partial charge is 0.307 e. The first-order valence-electron chi connectivity index (χ1n) is 7.52. The van der Waals surface area contributed by atoms with Crippen molar-refractivity contribution in [1.29, 1.82) is 0 Å². The standard InChI is InChI=1S/C17H22O5/c1-10(2)7-8-17-9-15(20)22-14(17)6-5-13(11(3)18)16(17)21-12(4)19/h7,14H,5-6,8-9H2,1-4H3/t14-,17+/m0/s1. The molecule has 0 aromatic carbocycles. The van der Waals surface area contributed by atoms with E-state index in [2.05, 4.69) is 0 Å². The first-order valence-corrected chi connectivity index (χ1v) is 7.52. The second-order valence-corrected chi connectivity index (χ2v) is 6.29. The highest BCUT2D eigenvalue weighted by Crippen LogP contribution is 2.52. The average molecular weight is 306 g/mol. The van der Waals surface area contributed by atoms with Gasteiger partial charge >= 0.3 is 11.9 Å². The Bertz CT molecular complexity index is 580. The third-order valence-corrected chi connectivity index (χ3v) is 4.28. The number of hydrogen-bond donors (Lipinski definition) is 0. The van der Waals surface area contributed by atoms with Crippen LogP contribution in [0.4, 0.5) is 0 Å². The SMILES string of the molecule is CC(=O)OC1=C(C(C)=O)CC[C@@H]2OC(=O)C[C@@]12CC=C(C)C. The fourth-order valence-electron chi connectivity index (χ4n) is 3.26. The molecule has 1 aliphatic heterocycles. The van der Waals surface area contributed by atoms with E-state index in [1.54, 1.807) is 0 Å². The summed E-state index contributed by atoms with van der Waals surface area (Å²) in [6, 6.07) is 0. The van der Waals surface area contributed by atoms with Gasteiger partial charge < -0.3 is 9.47 Å². The summed E-state index contributed by atoms with van der Waals surface area (Å²) in [5.41, 5.74) is 0.871. The van der Waals surface area contributed by atoms with Gasteiger partial charge in [0.05, 0.1) is 11.8 Å². The fraction of sp³-hybridized carbons (Fsp3) is 0.588.